The summed E-state index contributed by atoms with van der Waals surface area (Å²) >= 11 is 0. The molecule has 0 fully saturated rings. The zero-order valence-corrected chi connectivity index (χ0v) is 15.8. The zero-order chi connectivity index (χ0) is 18.4. The molecule has 0 radical (unpaired) electrons. The van der Waals surface area contributed by atoms with Gasteiger partial charge in [0.1, 0.15) is 11.5 Å². The van der Waals surface area contributed by atoms with Crippen molar-refractivity contribution in [2.45, 2.75) is 38.2 Å². The first kappa shape index (κ1) is 19.2. The Morgan fingerprint density at radius 2 is 1.92 bits per heavy atom. The number of unbranched alkanes of at least 4 members (excludes halogenated alkanes) is 1. The molecule has 0 aliphatic rings. The number of sulfone groups is 1. The Hall–Kier alpha value is -2.08. The number of furan rings is 1. The van der Waals surface area contributed by atoms with Crippen molar-refractivity contribution < 1.29 is 17.6 Å². The fourth-order valence-corrected chi connectivity index (χ4v) is 3.96. The average molecular weight is 363 g/mol. The molecule has 5 nitrogen and oxygen atoms in total. The van der Waals surface area contributed by atoms with E-state index in [9.17, 15) is 13.2 Å². The zero-order valence-electron chi connectivity index (χ0n) is 15.0. The molecule has 1 aromatic carbocycles. The van der Waals surface area contributed by atoms with Crippen molar-refractivity contribution in [3.05, 3.63) is 59.0 Å². The van der Waals surface area contributed by atoms with Crippen LogP contribution in [0, 0.1) is 6.92 Å². The lowest BCUT2D eigenvalue weighted by Gasteiger charge is -2.14. The Morgan fingerprint density at radius 1 is 1.16 bits per heavy atom. The lowest BCUT2D eigenvalue weighted by molar-refractivity contribution is 0.0760. The number of carbonyl (C=O) groups excluding carboxylic acids is 1. The molecule has 0 N–H and O–H groups in total. The number of hydrogen-bond acceptors (Lipinski definition) is 4. The van der Waals surface area contributed by atoms with Crippen LogP contribution in [-0.2, 0) is 21.3 Å². The minimum Gasteiger partial charge on any atom is -0.455 e. The molecule has 0 saturated carbocycles. The summed E-state index contributed by atoms with van der Waals surface area (Å²) in [5.74, 6) is -0.0165. The minimum absolute atomic E-state index is 0.0466. The van der Waals surface area contributed by atoms with Gasteiger partial charge in [-0.2, -0.15) is 0 Å². The number of rotatable bonds is 8. The maximum atomic E-state index is 12.4. The molecular weight excluding hydrogens is 338 g/mol. The lowest BCUT2D eigenvalue weighted by atomic mass is 10.2. The first-order valence-corrected chi connectivity index (χ1v) is 10.2. The third-order valence-corrected chi connectivity index (χ3v) is 5.39. The largest absolute Gasteiger partial charge is 0.455 e. The van der Waals surface area contributed by atoms with Gasteiger partial charge in [-0.15, -0.1) is 0 Å². The van der Waals surface area contributed by atoms with Gasteiger partial charge >= 0.3 is 0 Å². The van der Waals surface area contributed by atoms with E-state index in [4.69, 9.17) is 4.42 Å². The molecule has 2 rings (SSSR count). The Bertz CT molecular complexity index is 823. The Kier molecular flexibility index (Phi) is 6.42. The van der Waals surface area contributed by atoms with E-state index in [0.29, 0.717) is 12.3 Å². The number of hydrogen-bond donors (Lipinski definition) is 0. The average Bonchev–Trinajstić information content (AvgIpc) is 2.98. The summed E-state index contributed by atoms with van der Waals surface area (Å²) < 4.78 is 30.2. The predicted octanol–water partition coefficient (Wildman–Crippen LogP) is 3.58. The summed E-state index contributed by atoms with van der Waals surface area (Å²) in [4.78, 5) is 13.8. The molecule has 1 heterocycles. The van der Waals surface area contributed by atoms with Crippen LogP contribution in [0.3, 0.4) is 0 Å². The van der Waals surface area contributed by atoms with Crippen molar-refractivity contribution in [2.24, 2.45) is 0 Å². The Morgan fingerprint density at radius 3 is 2.60 bits per heavy atom. The normalized spacial score (nSPS) is 11.5. The maximum Gasteiger partial charge on any atom is 0.289 e. The summed E-state index contributed by atoms with van der Waals surface area (Å²) in [5.41, 5.74) is 1.77. The van der Waals surface area contributed by atoms with Crippen LogP contribution in [0.4, 0.5) is 0 Å². The SMILES string of the molecule is CCCCN(C)C(=O)c1ccc(CS(=O)(=O)Cc2cccc(C)c2)o1. The predicted molar refractivity (Wildman–Crippen MR) is 98.1 cm³/mol. The summed E-state index contributed by atoms with van der Waals surface area (Å²) in [6.07, 6.45) is 1.92. The van der Waals surface area contributed by atoms with Crippen LogP contribution in [0.2, 0.25) is 0 Å². The minimum atomic E-state index is -3.37. The van der Waals surface area contributed by atoms with Crippen LogP contribution in [0.1, 0.15) is 47.2 Å². The first-order valence-electron chi connectivity index (χ1n) is 8.41. The monoisotopic (exact) mass is 363 g/mol. The van der Waals surface area contributed by atoms with Crippen molar-refractivity contribution in [1.82, 2.24) is 4.90 Å². The number of amides is 1. The highest BCUT2D eigenvalue weighted by atomic mass is 32.2. The van der Waals surface area contributed by atoms with Gasteiger partial charge in [0.25, 0.3) is 5.91 Å². The van der Waals surface area contributed by atoms with E-state index in [-0.39, 0.29) is 23.2 Å². The van der Waals surface area contributed by atoms with E-state index in [1.54, 1.807) is 30.1 Å². The van der Waals surface area contributed by atoms with E-state index in [0.717, 1.165) is 24.0 Å². The van der Waals surface area contributed by atoms with Gasteiger partial charge in [-0.05, 0) is 31.0 Å². The maximum absolute atomic E-state index is 12.4. The van der Waals surface area contributed by atoms with Gasteiger partial charge in [-0.3, -0.25) is 4.79 Å². The topological polar surface area (TPSA) is 67.6 Å². The second-order valence-electron chi connectivity index (χ2n) is 6.37. The molecule has 136 valence electrons. The molecular formula is C19H25NO4S. The van der Waals surface area contributed by atoms with Gasteiger partial charge in [-0.25, -0.2) is 8.42 Å². The second kappa shape index (κ2) is 8.34. The van der Waals surface area contributed by atoms with Gasteiger partial charge in [0.15, 0.2) is 15.6 Å². The van der Waals surface area contributed by atoms with Gasteiger partial charge in [0.05, 0.1) is 5.75 Å². The summed E-state index contributed by atoms with van der Waals surface area (Å²) in [7, 11) is -1.65. The fourth-order valence-electron chi connectivity index (χ4n) is 2.58. The summed E-state index contributed by atoms with van der Waals surface area (Å²) in [6.45, 7) is 4.63. The third-order valence-electron chi connectivity index (χ3n) is 3.90. The standard InChI is InChI=1S/C19H25NO4S/c1-4-5-11-20(3)19(21)18-10-9-17(24-18)14-25(22,23)13-16-8-6-7-15(2)12-16/h6-10,12H,4-5,11,13-14H2,1-3H3. The van der Waals surface area contributed by atoms with E-state index in [1.807, 2.05) is 25.1 Å². The van der Waals surface area contributed by atoms with Crippen LogP contribution in [0.25, 0.3) is 0 Å². The van der Waals surface area contributed by atoms with Crippen molar-refractivity contribution >= 4 is 15.7 Å². The first-order chi connectivity index (χ1) is 11.8. The molecule has 0 aliphatic heterocycles. The molecule has 0 aliphatic carbocycles. The highest BCUT2D eigenvalue weighted by molar-refractivity contribution is 7.89. The smallest absolute Gasteiger partial charge is 0.289 e. The quantitative estimate of drug-likeness (QED) is 0.719. The lowest BCUT2D eigenvalue weighted by Crippen LogP contribution is -2.27. The fraction of sp³-hybridized carbons (Fsp3) is 0.421. The molecule has 0 bridgehead atoms. The van der Waals surface area contributed by atoms with Gasteiger partial charge in [-0.1, -0.05) is 43.2 Å². The van der Waals surface area contributed by atoms with E-state index < -0.39 is 9.84 Å². The molecule has 0 spiro atoms. The van der Waals surface area contributed by atoms with Crippen LogP contribution in [0.15, 0.2) is 40.8 Å². The number of carbonyl (C=O) groups is 1. The van der Waals surface area contributed by atoms with Crippen molar-refractivity contribution in [3.63, 3.8) is 0 Å². The Labute approximate surface area is 149 Å². The summed E-state index contributed by atoms with van der Waals surface area (Å²) in [6, 6.07) is 10.5. The molecule has 0 unspecified atom stereocenters. The van der Waals surface area contributed by atoms with Gasteiger partial charge < -0.3 is 9.32 Å². The van der Waals surface area contributed by atoms with E-state index >= 15 is 0 Å². The molecule has 6 heteroatoms. The molecule has 0 atom stereocenters. The summed E-state index contributed by atoms with van der Waals surface area (Å²) in [5, 5.41) is 0. The Balaban J connectivity index is 2.03. The molecule has 0 saturated heterocycles. The third kappa shape index (κ3) is 5.74. The highest BCUT2D eigenvalue weighted by Crippen LogP contribution is 2.17. The molecule has 25 heavy (non-hydrogen) atoms. The van der Waals surface area contributed by atoms with Gasteiger partial charge in [0, 0.05) is 13.6 Å². The van der Waals surface area contributed by atoms with E-state index in [1.165, 1.54) is 0 Å². The van der Waals surface area contributed by atoms with Gasteiger partial charge in [0.2, 0.25) is 0 Å². The van der Waals surface area contributed by atoms with Crippen molar-refractivity contribution in [3.8, 4) is 0 Å². The molecule has 2 aromatic rings. The number of aryl methyl sites for hydroxylation is 1. The van der Waals surface area contributed by atoms with Crippen molar-refractivity contribution in [1.29, 1.82) is 0 Å². The highest BCUT2D eigenvalue weighted by Gasteiger charge is 2.19. The molecule has 1 aromatic heterocycles. The van der Waals surface area contributed by atoms with Crippen LogP contribution in [-0.4, -0.2) is 32.8 Å². The van der Waals surface area contributed by atoms with Crippen LogP contribution >= 0.6 is 0 Å². The van der Waals surface area contributed by atoms with Crippen LogP contribution in [0.5, 0.6) is 0 Å². The molecule has 1 amide bonds. The number of nitrogens with zero attached hydrogens (tertiary/aromatic N) is 1. The van der Waals surface area contributed by atoms with Crippen LogP contribution < -0.4 is 0 Å². The van der Waals surface area contributed by atoms with E-state index in [2.05, 4.69) is 6.92 Å². The van der Waals surface area contributed by atoms with Crippen molar-refractivity contribution in [2.75, 3.05) is 13.6 Å². The number of benzene rings is 1. The second-order valence-corrected chi connectivity index (χ2v) is 8.43.